The van der Waals surface area contributed by atoms with E-state index in [-0.39, 0.29) is 0 Å². The summed E-state index contributed by atoms with van der Waals surface area (Å²) in [6.07, 6.45) is 4.27. The third-order valence-corrected chi connectivity index (χ3v) is 4.45. The minimum Gasteiger partial charge on any atom is -0.493 e. The number of aromatic nitrogens is 1. The number of fused-ring (bicyclic) bond motifs is 1. The second-order valence-corrected chi connectivity index (χ2v) is 6.01. The Kier molecular flexibility index (Phi) is 7.95. The van der Waals surface area contributed by atoms with Crippen molar-refractivity contribution in [3.05, 3.63) is 47.8 Å². The van der Waals surface area contributed by atoms with Gasteiger partial charge in [0, 0.05) is 17.8 Å². The van der Waals surface area contributed by atoms with Gasteiger partial charge in [-0.25, -0.2) is 0 Å². The van der Waals surface area contributed by atoms with Crippen molar-refractivity contribution in [3.63, 3.8) is 0 Å². The number of hydrogen-bond acceptors (Lipinski definition) is 6. The number of nitrogens with two attached hydrogens (primary N) is 1. The van der Waals surface area contributed by atoms with E-state index in [1.165, 1.54) is 0 Å². The number of methoxy groups -OCH3 is 3. The maximum Gasteiger partial charge on any atom is 0.203 e. The SMILES string of the molecule is CC.CCOc1ccc2c(Cc3cc(OC)c(OC)c(OC)c3)cncc2c1N. The summed E-state index contributed by atoms with van der Waals surface area (Å²) in [6.45, 7) is 6.50. The first-order valence-corrected chi connectivity index (χ1v) is 9.69. The van der Waals surface area contributed by atoms with E-state index >= 15 is 0 Å². The average molecular weight is 399 g/mol. The van der Waals surface area contributed by atoms with Gasteiger partial charge in [-0.2, -0.15) is 0 Å². The van der Waals surface area contributed by atoms with Gasteiger partial charge in [0.15, 0.2) is 11.5 Å². The van der Waals surface area contributed by atoms with E-state index in [0.29, 0.717) is 41.7 Å². The molecule has 0 saturated carbocycles. The zero-order valence-corrected chi connectivity index (χ0v) is 18.0. The maximum absolute atomic E-state index is 6.27. The number of ether oxygens (including phenoxy) is 4. The molecule has 0 fully saturated rings. The molecule has 156 valence electrons. The first-order chi connectivity index (χ1) is 14.1. The minimum absolute atomic E-state index is 0.564. The molecule has 2 aromatic carbocycles. The number of rotatable bonds is 7. The number of nitrogen functional groups attached to an aromatic ring is 1. The van der Waals surface area contributed by atoms with Gasteiger partial charge in [0.25, 0.3) is 0 Å². The van der Waals surface area contributed by atoms with Crippen molar-refractivity contribution in [2.75, 3.05) is 33.7 Å². The molecule has 1 heterocycles. The Bertz CT molecular complexity index is 932. The highest BCUT2D eigenvalue weighted by Crippen LogP contribution is 2.39. The Hall–Kier alpha value is -3.15. The van der Waals surface area contributed by atoms with Crippen LogP contribution in [0.3, 0.4) is 0 Å². The molecule has 6 heteroatoms. The number of anilines is 1. The second-order valence-electron chi connectivity index (χ2n) is 6.01. The van der Waals surface area contributed by atoms with Gasteiger partial charge in [-0.15, -0.1) is 0 Å². The van der Waals surface area contributed by atoms with Crippen LogP contribution in [0.1, 0.15) is 31.9 Å². The molecule has 3 aromatic rings. The quantitative estimate of drug-likeness (QED) is 0.573. The molecule has 6 nitrogen and oxygen atoms in total. The molecule has 0 unspecified atom stereocenters. The summed E-state index contributed by atoms with van der Waals surface area (Å²) >= 11 is 0. The van der Waals surface area contributed by atoms with Crippen molar-refractivity contribution in [2.45, 2.75) is 27.2 Å². The normalized spacial score (nSPS) is 10.1. The molecule has 1 aromatic heterocycles. The van der Waals surface area contributed by atoms with Crippen LogP contribution in [0, 0.1) is 0 Å². The molecule has 0 saturated heterocycles. The number of nitrogens with zero attached hydrogens (tertiary/aromatic N) is 1. The van der Waals surface area contributed by atoms with Crippen LogP contribution in [0.4, 0.5) is 5.69 Å². The molecule has 0 spiro atoms. The summed E-state index contributed by atoms with van der Waals surface area (Å²) in [4.78, 5) is 4.37. The molecule has 0 aliphatic carbocycles. The Labute approximate surface area is 172 Å². The molecule has 3 rings (SSSR count). The molecule has 0 aliphatic rings. The van der Waals surface area contributed by atoms with E-state index in [0.717, 1.165) is 21.9 Å². The third kappa shape index (κ3) is 4.65. The van der Waals surface area contributed by atoms with Crippen LogP contribution in [0.5, 0.6) is 23.0 Å². The lowest BCUT2D eigenvalue weighted by Gasteiger charge is -2.15. The molecule has 0 bridgehead atoms. The lowest BCUT2D eigenvalue weighted by Crippen LogP contribution is -2.00. The van der Waals surface area contributed by atoms with E-state index in [2.05, 4.69) is 4.98 Å². The van der Waals surface area contributed by atoms with Crippen molar-refractivity contribution in [3.8, 4) is 23.0 Å². The van der Waals surface area contributed by atoms with Gasteiger partial charge in [-0.3, -0.25) is 4.98 Å². The smallest absolute Gasteiger partial charge is 0.203 e. The summed E-state index contributed by atoms with van der Waals surface area (Å²) < 4.78 is 21.9. The summed E-state index contributed by atoms with van der Waals surface area (Å²) in [5.41, 5.74) is 8.95. The highest BCUT2D eigenvalue weighted by Gasteiger charge is 2.15. The molecular formula is C23H30N2O4. The summed E-state index contributed by atoms with van der Waals surface area (Å²) in [5, 5.41) is 1.92. The van der Waals surface area contributed by atoms with Crippen LogP contribution in [0.25, 0.3) is 10.8 Å². The Morgan fingerprint density at radius 1 is 0.862 bits per heavy atom. The van der Waals surface area contributed by atoms with E-state index in [4.69, 9.17) is 24.7 Å². The molecule has 2 N–H and O–H groups in total. The number of benzene rings is 2. The monoisotopic (exact) mass is 398 g/mol. The maximum atomic E-state index is 6.27. The zero-order chi connectivity index (χ0) is 21.4. The van der Waals surface area contributed by atoms with E-state index in [1.807, 2.05) is 51.2 Å². The number of hydrogen-bond donors (Lipinski definition) is 1. The average Bonchev–Trinajstić information content (AvgIpc) is 2.76. The van der Waals surface area contributed by atoms with Crippen molar-refractivity contribution < 1.29 is 18.9 Å². The molecule has 0 amide bonds. The van der Waals surface area contributed by atoms with Crippen LogP contribution in [0.2, 0.25) is 0 Å². The van der Waals surface area contributed by atoms with Gasteiger partial charge in [-0.05, 0) is 48.1 Å². The first-order valence-electron chi connectivity index (χ1n) is 9.69. The molecule has 0 aliphatic heterocycles. The van der Waals surface area contributed by atoms with Crippen LogP contribution in [0.15, 0.2) is 36.7 Å². The van der Waals surface area contributed by atoms with Crippen molar-refractivity contribution in [2.24, 2.45) is 0 Å². The van der Waals surface area contributed by atoms with Gasteiger partial charge in [0.1, 0.15) is 5.75 Å². The van der Waals surface area contributed by atoms with E-state index < -0.39 is 0 Å². The molecule has 29 heavy (non-hydrogen) atoms. The largest absolute Gasteiger partial charge is 0.493 e. The third-order valence-electron chi connectivity index (χ3n) is 4.45. The fourth-order valence-electron chi connectivity index (χ4n) is 3.19. The lowest BCUT2D eigenvalue weighted by atomic mass is 9.99. The van der Waals surface area contributed by atoms with Crippen molar-refractivity contribution >= 4 is 16.5 Å². The predicted molar refractivity (Wildman–Crippen MR) is 118 cm³/mol. The van der Waals surface area contributed by atoms with Crippen LogP contribution in [-0.4, -0.2) is 32.9 Å². The van der Waals surface area contributed by atoms with E-state index in [1.54, 1.807) is 27.5 Å². The van der Waals surface area contributed by atoms with Crippen molar-refractivity contribution in [1.29, 1.82) is 0 Å². The molecular weight excluding hydrogens is 368 g/mol. The van der Waals surface area contributed by atoms with Crippen molar-refractivity contribution in [1.82, 2.24) is 4.98 Å². The van der Waals surface area contributed by atoms with Gasteiger partial charge >= 0.3 is 0 Å². The Morgan fingerprint density at radius 3 is 2.07 bits per heavy atom. The number of pyridine rings is 1. The summed E-state index contributed by atoms with van der Waals surface area (Å²) in [6, 6.07) is 7.81. The first kappa shape index (κ1) is 22.1. The highest BCUT2D eigenvalue weighted by atomic mass is 16.5. The van der Waals surface area contributed by atoms with Crippen LogP contribution >= 0.6 is 0 Å². The van der Waals surface area contributed by atoms with E-state index in [9.17, 15) is 0 Å². The lowest BCUT2D eigenvalue weighted by molar-refractivity contribution is 0.324. The van der Waals surface area contributed by atoms with Gasteiger partial charge < -0.3 is 24.7 Å². The topological polar surface area (TPSA) is 75.8 Å². The van der Waals surface area contributed by atoms with Gasteiger partial charge in [0.2, 0.25) is 5.75 Å². The predicted octanol–water partition coefficient (Wildman–Crippen LogP) is 4.86. The highest BCUT2D eigenvalue weighted by molar-refractivity contribution is 5.97. The summed E-state index contributed by atoms with van der Waals surface area (Å²) in [5.74, 6) is 2.50. The minimum atomic E-state index is 0.564. The fourth-order valence-corrected chi connectivity index (χ4v) is 3.19. The standard InChI is InChI=1S/C21H24N2O4.C2H6/c1-5-27-17-7-6-15-14(11-23-12-16(15)20(17)22)8-13-9-18(24-2)21(26-4)19(10-13)25-3;1-2/h6-7,9-12H,5,8,22H2,1-4H3;1-2H3. The van der Waals surface area contributed by atoms with Crippen LogP contribution < -0.4 is 24.7 Å². The zero-order valence-electron chi connectivity index (χ0n) is 18.0. The molecule has 0 radical (unpaired) electrons. The van der Waals surface area contributed by atoms with Gasteiger partial charge in [0.05, 0.1) is 33.6 Å². The second kappa shape index (κ2) is 10.4. The fraction of sp³-hybridized carbons (Fsp3) is 0.348. The summed E-state index contributed by atoms with van der Waals surface area (Å²) in [7, 11) is 4.81. The Balaban J connectivity index is 0.00000145. The Morgan fingerprint density at radius 2 is 1.52 bits per heavy atom. The molecule has 0 atom stereocenters. The van der Waals surface area contributed by atoms with Crippen LogP contribution in [-0.2, 0) is 6.42 Å². The van der Waals surface area contributed by atoms with Gasteiger partial charge in [-0.1, -0.05) is 19.9 Å².